The van der Waals surface area contributed by atoms with Crippen LogP contribution in [0.1, 0.15) is 25.3 Å². The van der Waals surface area contributed by atoms with Crippen molar-refractivity contribution >= 4 is 21.6 Å². The standard InChI is InChI=1S/C17H20N2O4S/c1-12(2)13-6-8-15(9-7-13)23-11-17(20)19-14-4-3-5-16(10-14)24(18,21)22/h3-10,12H,11H2,1-2H3,(H,19,20)(H2,18,21,22). The van der Waals surface area contributed by atoms with E-state index in [0.717, 1.165) is 0 Å². The minimum Gasteiger partial charge on any atom is -0.484 e. The van der Waals surface area contributed by atoms with E-state index in [2.05, 4.69) is 19.2 Å². The number of sulfonamides is 1. The molecule has 0 fully saturated rings. The summed E-state index contributed by atoms with van der Waals surface area (Å²) in [5.74, 6) is 0.621. The Bertz CT molecular complexity index is 815. The van der Waals surface area contributed by atoms with E-state index in [9.17, 15) is 13.2 Å². The van der Waals surface area contributed by atoms with Crippen LogP contribution in [0.4, 0.5) is 5.69 Å². The first-order valence-corrected chi connectivity index (χ1v) is 8.96. The fourth-order valence-electron chi connectivity index (χ4n) is 2.05. The molecule has 0 heterocycles. The van der Waals surface area contributed by atoms with Crippen molar-refractivity contribution in [3.05, 3.63) is 54.1 Å². The van der Waals surface area contributed by atoms with Gasteiger partial charge in [0.05, 0.1) is 4.90 Å². The van der Waals surface area contributed by atoms with E-state index < -0.39 is 15.9 Å². The summed E-state index contributed by atoms with van der Waals surface area (Å²) in [6, 6.07) is 13.3. The molecule has 6 nitrogen and oxygen atoms in total. The van der Waals surface area contributed by atoms with Gasteiger partial charge in [0, 0.05) is 5.69 Å². The highest BCUT2D eigenvalue weighted by Crippen LogP contribution is 2.19. The minimum absolute atomic E-state index is 0.0644. The summed E-state index contributed by atoms with van der Waals surface area (Å²) in [7, 11) is -3.81. The summed E-state index contributed by atoms with van der Waals surface area (Å²) in [6.07, 6.45) is 0. The Morgan fingerprint density at radius 1 is 1.17 bits per heavy atom. The summed E-state index contributed by atoms with van der Waals surface area (Å²) in [5, 5.41) is 7.63. The van der Waals surface area contributed by atoms with Gasteiger partial charge in [0.2, 0.25) is 10.0 Å². The lowest BCUT2D eigenvalue weighted by Gasteiger charge is -2.10. The van der Waals surface area contributed by atoms with Gasteiger partial charge in [-0.1, -0.05) is 32.0 Å². The van der Waals surface area contributed by atoms with E-state index in [4.69, 9.17) is 9.88 Å². The topological polar surface area (TPSA) is 98.5 Å². The first-order chi connectivity index (χ1) is 11.3. The molecule has 24 heavy (non-hydrogen) atoms. The van der Waals surface area contributed by atoms with E-state index in [1.54, 1.807) is 6.07 Å². The number of carbonyl (C=O) groups is 1. The second kappa shape index (κ2) is 7.46. The smallest absolute Gasteiger partial charge is 0.262 e. The molecule has 0 radical (unpaired) electrons. The molecule has 0 aromatic heterocycles. The Morgan fingerprint density at radius 2 is 1.83 bits per heavy atom. The largest absolute Gasteiger partial charge is 0.484 e. The van der Waals surface area contributed by atoms with E-state index in [1.165, 1.54) is 23.8 Å². The lowest BCUT2D eigenvalue weighted by Crippen LogP contribution is -2.20. The van der Waals surface area contributed by atoms with Gasteiger partial charge in [0.15, 0.2) is 6.61 Å². The Kier molecular flexibility index (Phi) is 5.58. The van der Waals surface area contributed by atoms with Crippen molar-refractivity contribution in [2.45, 2.75) is 24.7 Å². The molecule has 0 atom stereocenters. The monoisotopic (exact) mass is 348 g/mol. The van der Waals surface area contributed by atoms with Gasteiger partial charge in [-0.3, -0.25) is 4.79 Å². The van der Waals surface area contributed by atoms with Crippen LogP contribution in [-0.4, -0.2) is 20.9 Å². The van der Waals surface area contributed by atoms with E-state index >= 15 is 0 Å². The number of nitrogens with two attached hydrogens (primary N) is 1. The Hall–Kier alpha value is -2.38. The molecule has 2 aromatic carbocycles. The molecule has 0 aliphatic heterocycles. The minimum atomic E-state index is -3.81. The molecule has 0 bridgehead atoms. The molecule has 7 heteroatoms. The van der Waals surface area contributed by atoms with Gasteiger partial charge in [0.25, 0.3) is 5.91 Å². The highest BCUT2D eigenvalue weighted by atomic mass is 32.2. The van der Waals surface area contributed by atoms with Gasteiger partial charge in [0.1, 0.15) is 5.75 Å². The summed E-state index contributed by atoms with van der Waals surface area (Å²) < 4.78 is 28.0. The van der Waals surface area contributed by atoms with Crippen LogP contribution in [0.25, 0.3) is 0 Å². The van der Waals surface area contributed by atoms with Crippen molar-refractivity contribution < 1.29 is 17.9 Å². The lowest BCUT2D eigenvalue weighted by atomic mass is 10.0. The first kappa shape index (κ1) is 18.0. The molecule has 3 N–H and O–H groups in total. The van der Waals surface area contributed by atoms with Crippen LogP contribution < -0.4 is 15.2 Å². The number of ether oxygens (including phenoxy) is 1. The van der Waals surface area contributed by atoms with Crippen LogP contribution in [0, 0.1) is 0 Å². The molecular weight excluding hydrogens is 328 g/mol. The van der Waals surface area contributed by atoms with Crippen LogP contribution in [0.2, 0.25) is 0 Å². The predicted octanol–water partition coefficient (Wildman–Crippen LogP) is 2.47. The SMILES string of the molecule is CC(C)c1ccc(OCC(=O)Nc2cccc(S(N)(=O)=O)c2)cc1. The number of nitrogens with one attached hydrogen (secondary N) is 1. The molecule has 0 aliphatic rings. The van der Waals surface area contributed by atoms with Crippen LogP contribution in [0.15, 0.2) is 53.4 Å². The molecule has 0 saturated carbocycles. The van der Waals surface area contributed by atoms with Gasteiger partial charge < -0.3 is 10.1 Å². The van der Waals surface area contributed by atoms with E-state index in [0.29, 0.717) is 17.4 Å². The van der Waals surface area contributed by atoms with Crippen LogP contribution in [0.3, 0.4) is 0 Å². The van der Waals surface area contributed by atoms with Crippen molar-refractivity contribution in [3.8, 4) is 5.75 Å². The summed E-state index contributed by atoms with van der Waals surface area (Å²) in [5.41, 5.74) is 1.52. The maximum atomic E-state index is 11.9. The second-order valence-corrected chi connectivity index (χ2v) is 7.19. The summed E-state index contributed by atoms with van der Waals surface area (Å²) >= 11 is 0. The van der Waals surface area contributed by atoms with Crippen LogP contribution in [-0.2, 0) is 14.8 Å². The molecule has 128 valence electrons. The number of rotatable bonds is 6. The zero-order valence-electron chi connectivity index (χ0n) is 13.5. The maximum Gasteiger partial charge on any atom is 0.262 e. The quantitative estimate of drug-likeness (QED) is 0.838. The zero-order valence-corrected chi connectivity index (χ0v) is 14.3. The molecule has 2 rings (SSSR count). The molecular formula is C17H20N2O4S. The molecule has 2 aromatic rings. The van der Waals surface area contributed by atoms with Crippen molar-refractivity contribution in [1.82, 2.24) is 0 Å². The number of hydrogen-bond acceptors (Lipinski definition) is 4. The number of amides is 1. The summed E-state index contributed by atoms with van der Waals surface area (Å²) in [6.45, 7) is 4.01. The van der Waals surface area contributed by atoms with Crippen LogP contribution in [0.5, 0.6) is 5.75 Å². The molecule has 0 unspecified atom stereocenters. The van der Waals surface area contributed by atoms with E-state index in [1.807, 2.05) is 24.3 Å². The second-order valence-electron chi connectivity index (χ2n) is 5.63. The molecule has 0 saturated heterocycles. The van der Waals surface area contributed by atoms with Crippen molar-refractivity contribution in [1.29, 1.82) is 0 Å². The fourth-order valence-corrected chi connectivity index (χ4v) is 2.61. The maximum absolute atomic E-state index is 11.9. The van der Waals surface area contributed by atoms with Gasteiger partial charge in [-0.15, -0.1) is 0 Å². The van der Waals surface area contributed by atoms with Crippen LogP contribution >= 0.6 is 0 Å². The van der Waals surface area contributed by atoms with Gasteiger partial charge in [-0.05, 0) is 41.8 Å². The van der Waals surface area contributed by atoms with Crippen molar-refractivity contribution in [2.24, 2.45) is 5.14 Å². The number of benzene rings is 2. The Balaban J connectivity index is 1.94. The fraction of sp³-hybridized carbons (Fsp3) is 0.235. The number of anilines is 1. The lowest BCUT2D eigenvalue weighted by molar-refractivity contribution is -0.118. The van der Waals surface area contributed by atoms with Gasteiger partial charge in [-0.2, -0.15) is 0 Å². The Labute approximate surface area is 141 Å². The van der Waals surface area contributed by atoms with Crippen molar-refractivity contribution in [2.75, 3.05) is 11.9 Å². The molecule has 0 aliphatic carbocycles. The summed E-state index contributed by atoms with van der Waals surface area (Å²) in [4.78, 5) is 11.8. The third kappa shape index (κ3) is 5.07. The third-order valence-corrected chi connectivity index (χ3v) is 4.27. The van der Waals surface area contributed by atoms with Crippen molar-refractivity contribution in [3.63, 3.8) is 0 Å². The van der Waals surface area contributed by atoms with E-state index in [-0.39, 0.29) is 11.5 Å². The average Bonchev–Trinajstić information content (AvgIpc) is 2.53. The average molecular weight is 348 g/mol. The number of hydrogen-bond donors (Lipinski definition) is 2. The highest BCUT2D eigenvalue weighted by molar-refractivity contribution is 7.89. The zero-order chi connectivity index (χ0) is 17.7. The number of carbonyl (C=O) groups excluding carboxylic acids is 1. The first-order valence-electron chi connectivity index (χ1n) is 7.41. The molecule has 0 spiro atoms. The van der Waals surface area contributed by atoms with Gasteiger partial charge >= 0.3 is 0 Å². The molecule has 1 amide bonds. The predicted molar refractivity (Wildman–Crippen MR) is 92.5 cm³/mol. The number of primary sulfonamides is 1. The third-order valence-electron chi connectivity index (χ3n) is 3.36. The highest BCUT2D eigenvalue weighted by Gasteiger charge is 2.10. The Morgan fingerprint density at radius 3 is 2.42 bits per heavy atom. The normalized spacial score (nSPS) is 11.3. The van der Waals surface area contributed by atoms with Gasteiger partial charge in [-0.25, -0.2) is 13.6 Å².